The molecule has 1 aliphatic rings. The Labute approximate surface area is 157 Å². The van der Waals surface area contributed by atoms with Crippen molar-refractivity contribution in [1.82, 2.24) is 9.97 Å². The molecule has 1 aromatic carbocycles. The summed E-state index contributed by atoms with van der Waals surface area (Å²) in [4.78, 5) is 31.2. The lowest BCUT2D eigenvalue weighted by molar-refractivity contribution is -0.275. The van der Waals surface area contributed by atoms with Crippen molar-refractivity contribution < 1.29 is 27.1 Å². The molecule has 3 rings (SSSR count). The zero-order chi connectivity index (χ0) is 20.5. The number of aromatic amines is 1. The lowest BCUT2D eigenvalue weighted by Gasteiger charge is -2.16. The van der Waals surface area contributed by atoms with Gasteiger partial charge in [0.15, 0.2) is 17.3 Å². The maximum absolute atomic E-state index is 14.0. The molecule has 1 N–H and O–H groups in total. The van der Waals surface area contributed by atoms with Gasteiger partial charge in [-0.15, -0.1) is 13.2 Å². The first kappa shape index (κ1) is 20.0. The molecular formula is C19H18F4N2O3. The zero-order valence-electron chi connectivity index (χ0n) is 15.0. The molecule has 1 heterocycles. The Bertz CT molecular complexity index is 936. The van der Waals surface area contributed by atoms with Crippen LogP contribution in [-0.2, 0) is 0 Å². The summed E-state index contributed by atoms with van der Waals surface area (Å²) in [6, 6.07) is 4.25. The Kier molecular flexibility index (Phi) is 5.53. The van der Waals surface area contributed by atoms with E-state index < -0.39 is 29.4 Å². The molecule has 0 amide bonds. The number of benzene rings is 1. The van der Waals surface area contributed by atoms with Gasteiger partial charge in [-0.3, -0.25) is 9.59 Å². The molecule has 9 heteroatoms. The van der Waals surface area contributed by atoms with Gasteiger partial charge in [0, 0.05) is 18.4 Å². The van der Waals surface area contributed by atoms with Crippen molar-refractivity contribution in [3.63, 3.8) is 0 Å². The van der Waals surface area contributed by atoms with E-state index in [1.807, 2.05) is 0 Å². The Balaban J connectivity index is 1.78. The minimum atomic E-state index is -4.99. The van der Waals surface area contributed by atoms with Gasteiger partial charge in [-0.2, -0.15) is 0 Å². The van der Waals surface area contributed by atoms with Crippen LogP contribution in [0.15, 0.2) is 29.1 Å². The number of carbonyl (C=O) groups is 1. The average Bonchev–Trinajstić information content (AvgIpc) is 3.45. The fourth-order valence-corrected chi connectivity index (χ4v) is 2.97. The Morgan fingerprint density at radius 3 is 2.61 bits per heavy atom. The van der Waals surface area contributed by atoms with Gasteiger partial charge < -0.3 is 9.72 Å². The molecular weight excluding hydrogens is 380 g/mol. The first-order chi connectivity index (χ1) is 13.2. The first-order valence-corrected chi connectivity index (χ1v) is 8.86. The van der Waals surface area contributed by atoms with Gasteiger partial charge in [0.2, 0.25) is 0 Å². The summed E-state index contributed by atoms with van der Waals surface area (Å²) in [5.74, 6) is -2.25. The molecule has 0 saturated heterocycles. The van der Waals surface area contributed by atoms with E-state index in [9.17, 15) is 27.2 Å². The molecule has 5 nitrogen and oxygen atoms in total. The highest BCUT2D eigenvalue weighted by molar-refractivity contribution is 5.94. The second-order valence-corrected chi connectivity index (χ2v) is 6.76. The molecule has 1 aromatic heterocycles. The van der Waals surface area contributed by atoms with Crippen LogP contribution in [-0.4, -0.2) is 22.1 Å². The molecule has 0 unspecified atom stereocenters. The summed E-state index contributed by atoms with van der Waals surface area (Å²) in [6.07, 6.45) is -2.78. The van der Waals surface area contributed by atoms with E-state index in [0.29, 0.717) is 17.8 Å². The van der Waals surface area contributed by atoms with Crippen LogP contribution in [0.2, 0.25) is 0 Å². The minimum Gasteiger partial charge on any atom is -0.403 e. The Morgan fingerprint density at radius 2 is 2.04 bits per heavy atom. The smallest absolute Gasteiger partial charge is 0.403 e. The number of ether oxygens (including phenoxy) is 1. The van der Waals surface area contributed by atoms with Crippen molar-refractivity contribution in [3.05, 3.63) is 57.5 Å². The normalized spacial score (nSPS) is 15.3. The molecule has 1 fully saturated rings. The Morgan fingerprint density at radius 1 is 1.32 bits per heavy atom. The van der Waals surface area contributed by atoms with Gasteiger partial charge in [0.1, 0.15) is 11.5 Å². The van der Waals surface area contributed by atoms with Crippen molar-refractivity contribution in [1.29, 1.82) is 0 Å². The van der Waals surface area contributed by atoms with Crippen LogP contribution in [0.5, 0.6) is 5.75 Å². The number of rotatable bonds is 7. The van der Waals surface area contributed by atoms with Crippen LogP contribution in [0.3, 0.4) is 0 Å². The maximum atomic E-state index is 14.0. The van der Waals surface area contributed by atoms with Crippen molar-refractivity contribution in [3.8, 4) is 5.75 Å². The van der Waals surface area contributed by atoms with Gasteiger partial charge in [0.25, 0.3) is 5.56 Å². The topological polar surface area (TPSA) is 72.0 Å². The van der Waals surface area contributed by atoms with E-state index in [1.54, 1.807) is 6.92 Å². The summed E-state index contributed by atoms with van der Waals surface area (Å²) < 4.78 is 54.4. The number of halogens is 4. The van der Waals surface area contributed by atoms with Crippen LogP contribution in [0.25, 0.3) is 0 Å². The third-order valence-electron chi connectivity index (χ3n) is 4.59. The summed E-state index contributed by atoms with van der Waals surface area (Å²) >= 11 is 0. The number of nitrogens with one attached hydrogen (secondary N) is 1. The average molecular weight is 398 g/mol. The highest BCUT2D eigenvalue weighted by atomic mass is 19.4. The van der Waals surface area contributed by atoms with Gasteiger partial charge >= 0.3 is 6.36 Å². The molecule has 2 aromatic rings. The molecule has 28 heavy (non-hydrogen) atoms. The van der Waals surface area contributed by atoms with Crippen LogP contribution >= 0.6 is 0 Å². The van der Waals surface area contributed by atoms with Crippen molar-refractivity contribution in [2.45, 2.75) is 50.8 Å². The van der Waals surface area contributed by atoms with Crippen LogP contribution < -0.4 is 10.3 Å². The van der Waals surface area contributed by atoms with Gasteiger partial charge in [-0.05, 0) is 42.9 Å². The Hall–Kier alpha value is -2.71. The van der Waals surface area contributed by atoms with Crippen LogP contribution in [0, 0.1) is 5.82 Å². The van der Waals surface area contributed by atoms with Gasteiger partial charge in [-0.1, -0.05) is 13.0 Å². The molecule has 0 spiro atoms. The summed E-state index contributed by atoms with van der Waals surface area (Å²) in [6.45, 7) is 1.77. The monoisotopic (exact) mass is 398 g/mol. The standard InChI is InChI=1S/C19H18F4N2O3/c1-2-10(12-5-6-16(13(20)7-12)28-19(21,22)23)8-15(26)14-9-17(27)25-18(24-14)11-3-4-11/h5-7,9-11H,2-4,8H2,1H3,(H,24,25,27)/t10-/m0/s1. The molecule has 0 aliphatic heterocycles. The van der Waals surface area contributed by atoms with E-state index >= 15 is 0 Å². The molecule has 1 atom stereocenters. The van der Waals surface area contributed by atoms with E-state index in [0.717, 1.165) is 31.0 Å². The summed E-state index contributed by atoms with van der Waals surface area (Å²) in [7, 11) is 0. The second-order valence-electron chi connectivity index (χ2n) is 6.76. The number of nitrogens with zero attached hydrogens (tertiary/aromatic N) is 1. The highest BCUT2D eigenvalue weighted by Crippen LogP contribution is 2.37. The largest absolute Gasteiger partial charge is 0.573 e. The number of hydrogen-bond donors (Lipinski definition) is 1. The van der Waals surface area contributed by atoms with Gasteiger partial charge in [-0.25, -0.2) is 9.37 Å². The minimum absolute atomic E-state index is 0.0431. The highest BCUT2D eigenvalue weighted by Gasteiger charge is 2.32. The second kappa shape index (κ2) is 7.73. The fraction of sp³-hybridized carbons (Fsp3) is 0.421. The zero-order valence-corrected chi connectivity index (χ0v) is 15.0. The van der Waals surface area contributed by atoms with E-state index in [2.05, 4.69) is 14.7 Å². The number of H-pyrrole nitrogens is 1. The lowest BCUT2D eigenvalue weighted by atomic mass is 9.90. The number of Topliss-reactive ketones (excluding diaryl/α,β-unsaturated/α-hetero) is 1. The SMILES string of the molecule is CC[C@@H](CC(=O)c1cc(=O)[nH]c(C2CC2)n1)c1ccc(OC(F)(F)F)c(F)c1. The van der Waals surface area contributed by atoms with Crippen molar-refractivity contribution in [2.24, 2.45) is 0 Å². The predicted molar refractivity (Wildman–Crippen MR) is 91.9 cm³/mol. The lowest BCUT2D eigenvalue weighted by Crippen LogP contribution is -2.18. The third kappa shape index (κ3) is 4.96. The van der Waals surface area contributed by atoms with E-state index in [1.165, 1.54) is 6.07 Å². The van der Waals surface area contributed by atoms with Crippen molar-refractivity contribution >= 4 is 5.78 Å². The van der Waals surface area contributed by atoms with Crippen molar-refractivity contribution in [2.75, 3.05) is 0 Å². The molecule has 150 valence electrons. The van der Waals surface area contributed by atoms with Gasteiger partial charge in [0.05, 0.1) is 0 Å². The molecule has 1 saturated carbocycles. The summed E-state index contributed by atoms with van der Waals surface area (Å²) in [5.41, 5.74) is 0.00437. The van der Waals surface area contributed by atoms with Crippen LogP contribution in [0.4, 0.5) is 17.6 Å². The van der Waals surface area contributed by atoms with E-state index in [4.69, 9.17) is 0 Å². The predicted octanol–water partition coefficient (Wildman–Crippen LogP) is 4.45. The maximum Gasteiger partial charge on any atom is 0.573 e. The number of alkyl halides is 3. The quantitative estimate of drug-likeness (QED) is 0.553. The third-order valence-corrected chi connectivity index (χ3v) is 4.59. The van der Waals surface area contributed by atoms with Crippen LogP contribution in [0.1, 0.15) is 66.3 Å². The molecule has 0 bridgehead atoms. The molecule has 0 radical (unpaired) electrons. The first-order valence-electron chi connectivity index (χ1n) is 8.86. The molecule has 1 aliphatic carbocycles. The number of carbonyl (C=O) groups excluding carboxylic acids is 1. The van der Waals surface area contributed by atoms with E-state index in [-0.39, 0.29) is 23.8 Å². The fourth-order valence-electron chi connectivity index (χ4n) is 2.97. The number of aromatic nitrogens is 2. The number of ketones is 1. The summed E-state index contributed by atoms with van der Waals surface area (Å²) in [5, 5.41) is 0. The number of hydrogen-bond acceptors (Lipinski definition) is 4.